The van der Waals surface area contributed by atoms with Gasteiger partial charge in [-0.05, 0) is 30.3 Å². The first kappa shape index (κ1) is 16.6. The molecule has 3 rings (SSSR count). The molecule has 0 atom stereocenters. The van der Waals surface area contributed by atoms with Gasteiger partial charge in [-0.2, -0.15) is 13.2 Å². The minimum Gasteiger partial charge on any atom is -0.506 e. The third-order valence-electron chi connectivity index (χ3n) is 3.57. The van der Waals surface area contributed by atoms with Crippen molar-refractivity contribution in [3.63, 3.8) is 0 Å². The van der Waals surface area contributed by atoms with Gasteiger partial charge in [-0.1, -0.05) is 18.2 Å². The van der Waals surface area contributed by atoms with E-state index in [1.807, 2.05) is 0 Å². The number of aromatic amines is 1. The second kappa shape index (κ2) is 5.97. The lowest BCUT2D eigenvalue weighted by Gasteiger charge is -2.11. The van der Waals surface area contributed by atoms with Gasteiger partial charge in [-0.15, -0.1) is 0 Å². The lowest BCUT2D eigenvalue weighted by Crippen LogP contribution is -2.23. The maximum Gasteiger partial charge on any atom is 0.416 e. The fraction of sp³-hybridized carbons (Fsp3) is 0.0588. The van der Waals surface area contributed by atoms with Crippen LogP contribution in [0.1, 0.15) is 15.9 Å². The second-order valence-electron chi connectivity index (χ2n) is 5.26. The van der Waals surface area contributed by atoms with E-state index in [9.17, 15) is 27.9 Å². The summed E-state index contributed by atoms with van der Waals surface area (Å²) in [4.78, 5) is 26.8. The van der Waals surface area contributed by atoms with E-state index in [4.69, 9.17) is 0 Å². The summed E-state index contributed by atoms with van der Waals surface area (Å²) in [6.07, 6.45) is -4.57. The van der Waals surface area contributed by atoms with Crippen LogP contribution < -0.4 is 10.9 Å². The summed E-state index contributed by atoms with van der Waals surface area (Å²) in [6.45, 7) is 0. The van der Waals surface area contributed by atoms with Gasteiger partial charge in [0.15, 0.2) is 0 Å². The van der Waals surface area contributed by atoms with Gasteiger partial charge in [0, 0.05) is 11.1 Å². The molecule has 0 saturated heterocycles. The van der Waals surface area contributed by atoms with Gasteiger partial charge in [0.25, 0.3) is 11.5 Å². The number of para-hydroxylation sites is 1. The summed E-state index contributed by atoms with van der Waals surface area (Å²) >= 11 is 0. The van der Waals surface area contributed by atoms with Crippen LogP contribution in [0.25, 0.3) is 10.9 Å². The van der Waals surface area contributed by atoms with Gasteiger partial charge >= 0.3 is 6.18 Å². The van der Waals surface area contributed by atoms with E-state index in [0.29, 0.717) is 5.52 Å². The van der Waals surface area contributed by atoms with E-state index in [-0.39, 0.29) is 11.1 Å². The number of carbonyl (C=O) groups excluding carboxylic acids is 1. The minimum absolute atomic E-state index is 0.146. The Balaban J connectivity index is 2.00. The number of carbonyl (C=O) groups is 1. The normalized spacial score (nSPS) is 11.5. The van der Waals surface area contributed by atoms with E-state index >= 15 is 0 Å². The molecule has 8 heteroatoms. The van der Waals surface area contributed by atoms with Crippen LogP contribution in [0.15, 0.2) is 53.3 Å². The molecule has 1 aromatic heterocycles. The van der Waals surface area contributed by atoms with Gasteiger partial charge < -0.3 is 15.4 Å². The van der Waals surface area contributed by atoms with Gasteiger partial charge in [0.1, 0.15) is 11.3 Å². The Bertz CT molecular complexity index is 1030. The molecule has 1 heterocycles. The predicted molar refractivity (Wildman–Crippen MR) is 85.6 cm³/mol. The number of anilines is 1. The SMILES string of the molecule is O=C(Nc1cccc(C(F)(F)F)c1)c1c(O)c2ccccc2[nH]c1=O. The molecule has 1 amide bonds. The van der Waals surface area contributed by atoms with Crippen molar-refractivity contribution in [1.29, 1.82) is 0 Å². The van der Waals surface area contributed by atoms with Crippen molar-refractivity contribution in [1.82, 2.24) is 4.98 Å². The van der Waals surface area contributed by atoms with Crippen molar-refractivity contribution >= 4 is 22.5 Å². The van der Waals surface area contributed by atoms with E-state index in [1.54, 1.807) is 18.2 Å². The number of hydrogen-bond acceptors (Lipinski definition) is 3. The Hall–Kier alpha value is -3.29. The van der Waals surface area contributed by atoms with Crippen molar-refractivity contribution in [2.24, 2.45) is 0 Å². The third-order valence-corrected chi connectivity index (χ3v) is 3.57. The molecule has 0 bridgehead atoms. The number of H-pyrrole nitrogens is 1. The Labute approximate surface area is 138 Å². The zero-order valence-corrected chi connectivity index (χ0v) is 12.5. The molecule has 0 aliphatic rings. The molecule has 0 fully saturated rings. The van der Waals surface area contributed by atoms with Crippen LogP contribution in [-0.4, -0.2) is 16.0 Å². The maximum absolute atomic E-state index is 12.7. The largest absolute Gasteiger partial charge is 0.506 e. The molecule has 5 nitrogen and oxygen atoms in total. The Morgan fingerprint density at radius 1 is 1.08 bits per heavy atom. The highest BCUT2D eigenvalue weighted by Crippen LogP contribution is 2.31. The quantitative estimate of drug-likeness (QED) is 0.663. The molecule has 25 heavy (non-hydrogen) atoms. The molecule has 0 aliphatic heterocycles. The van der Waals surface area contributed by atoms with Crippen molar-refractivity contribution in [3.05, 3.63) is 70.0 Å². The summed E-state index contributed by atoms with van der Waals surface area (Å²) in [7, 11) is 0. The highest BCUT2D eigenvalue weighted by molar-refractivity contribution is 6.08. The average molecular weight is 348 g/mol. The Kier molecular flexibility index (Phi) is 3.96. The number of aromatic hydroxyl groups is 1. The van der Waals surface area contributed by atoms with Crippen LogP contribution in [0, 0.1) is 0 Å². The first-order valence-corrected chi connectivity index (χ1v) is 7.10. The molecule has 0 radical (unpaired) electrons. The van der Waals surface area contributed by atoms with Crippen LogP contribution >= 0.6 is 0 Å². The number of pyridine rings is 1. The summed E-state index contributed by atoms with van der Waals surface area (Å²) in [5.41, 5.74) is -2.17. The van der Waals surface area contributed by atoms with E-state index in [1.165, 1.54) is 12.1 Å². The first-order chi connectivity index (χ1) is 11.8. The third kappa shape index (κ3) is 3.18. The van der Waals surface area contributed by atoms with Crippen molar-refractivity contribution in [2.75, 3.05) is 5.32 Å². The maximum atomic E-state index is 12.7. The molecule has 128 valence electrons. The fourth-order valence-electron chi connectivity index (χ4n) is 2.40. The second-order valence-corrected chi connectivity index (χ2v) is 5.26. The van der Waals surface area contributed by atoms with Crippen molar-refractivity contribution < 1.29 is 23.1 Å². The molecular formula is C17H11F3N2O3. The Morgan fingerprint density at radius 3 is 2.52 bits per heavy atom. The molecule has 0 saturated carbocycles. The fourth-order valence-corrected chi connectivity index (χ4v) is 2.40. The number of benzene rings is 2. The zero-order valence-electron chi connectivity index (χ0n) is 12.5. The monoisotopic (exact) mass is 348 g/mol. The lowest BCUT2D eigenvalue weighted by atomic mass is 10.1. The summed E-state index contributed by atoms with van der Waals surface area (Å²) in [6, 6.07) is 10.3. The van der Waals surface area contributed by atoms with E-state index < -0.39 is 34.5 Å². The van der Waals surface area contributed by atoms with Crippen LogP contribution in [0.3, 0.4) is 0 Å². The lowest BCUT2D eigenvalue weighted by molar-refractivity contribution is -0.137. The summed E-state index contributed by atoms with van der Waals surface area (Å²) < 4.78 is 38.2. The van der Waals surface area contributed by atoms with Crippen LogP contribution in [-0.2, 0) is 6.18 Å². The molecular weight excluding hydrogens is 337 g/mol. The van der Waals surface area contributed by atoms with Crippen molar-refractivity contribution in [3.8, 4) is 5.75 Å². The summed E-state index contributed by atoms with van der Waals surface area (Å²) in [5, 5.41) is 12.6. The predicted octanol–water partition coefficient (Wildman–Crippen LogP) is 3.50. The van der Waals surface area contributed by atoms with Crippen molar-refractivity contribution in [2.45, 2.75) is 6.18 Å². The molecule has 0 aliphatic carbocycles. The smallest absolute Gasteiger partial charge is 0.416 e. The molecule has 0 spiro atoms. The topological polar surface area (TPSA) is 82.2 Å². The highest BCUT2D eigenvalue weighted by atomic mass is 19.4. The van der Waals surface area contributed by atoms with E-state index in [0.717, 1.165) is 18.2 Å². The molecule has 3 aromatic rings. The Morgan fingerprint density at radius 2 is 1.80 bits per heavy atom. The number of amides is 1. The van der Waals surface area contributed by atoms with Crippen LogP contribution in [0.2, 0.25) is 0 Å². The highest BCUT2D eigenvalue weighted by Gasteiger charge is 2.30. The number of fused-ring (bicyclic) bond motifs is 1. The van der Waals surface area contributed by atoms with Gasteiger partial charge in [0.2, 0.25) is 0 Å². The van der Waals surface area contributed by atoms with E-state index in [2.05, 4.69) is 10.3 Å². The number of alkyl halides is 3. The zero-order chi connectivity index (χ0) is 18.2. The standard InChI is InChI=1S/C17H11F3N2O3/c18-17(19,20)9-4-3-5-10(8-9)21-15(24)13-14(23)11-6-1-2-7-12(11)22-16(13)25/h1-8H,(H,21,24)(H2,22,23,25). The minimum atomic E-state index is -4.57. The number of hydrogen-bond donors (Lipinski definition) is 3. The number of rotatable bonds is 2. The van der Waals surface area contributed by atoms with Crippen LogP contribution in [0.4, 0.5) is 18.9 Å². The van der Waals surface area contributed by atoms with Crippen LogP contribution in [0.5, 0.6) is 5.75 Å². The number of halogens is 3. The average Bonchev–Trinajstić information content (AvgIpc) is 2.54. The van der Waals surface area contributed by atoms with Gasteiger partial charge in [-0.3, -0.25) is 9.59 Å². The number of aromatic nitrogens is 1. The van der Waals surface area contributed by atoms with Gasteiger partial charge in [-0.25, -0.2) is 0 Å². The molecule has 0 unspecified atom stereocenters. The summed E-state index contributed by atoms with van der Waals surface area (Å²) in [5.74, 6) is -1.55. The molecule has 3 N–H and O–H groups in total. The van der Waals surface area contributed by atoms with Gasteiger partial charge in [0.05, 0.1) is 11.1 Å². The number of nitrogens with one attached hydrogen (secondary N) is 2. The first-order valence-electron chi connectivity index (χ1n) is 7.10. The molecule has 2 aromatic carbocycles.